The lowest BCUT2D eigenvalue weighted by atomic mass is 10.1. The minimum Gasteiger partial charge on any atom is -0.338 e. The highest BCUT2D eigenvalue weighted by atomic mass is 32.2. The Labute approximate surface area is 189 Å². The first kappa shape index (κ1) is 20.4. The van der Waals surface area contributed by atoms with Crippen molar-refractivity contribution in [2.45, 2.75) is 43.1 Å². The fraction of sp³-hybridized carbons (Fsp3) is 0.364. The summed E-state index contributed by atoms with van der Waals surface area (Å²) in [5.74, 6) is 2.19. The topological polar surface area (TPSA) is 72.9 Å². The zero-order valence-electron chi connectivity index (χ0n) is 17.3. The summed E-state index contributed by atoms with van der Waals surface area (Å²) in [7, 11) is 0. The first-order valence-corrected chi connectivity index (χ1v) is 12.3. The highest BCUT2D eigenvalue weighted by Crippen LogP contribution is 2.36. The van der Waals surface area contributed by atoms with E-state index in [1.165, 1.54) is 19.3 Å². The SMILES string of the molecule is CC(Sc1nnc(CN2CCCCC2)n1-c1ccccc1)c1nc(-c2cccs2)no1. The Bertz CT molecular complexity index is 1100. The molecule has 31 heavy (non-hydrogen) atoms. The Morgan fingerprint density at radius 3 is 2.68 bits per heavy atom. The minimum atomic E-state index is -0.0456. The number of hydrogen-bond acceptors (Lipinski definition) is 8. The van der Waals surface area contributed by atoms with Gasteiger partial charge in [0.1, 0.15) is 0 Å². The Hall–Kier alpha value is -2.49. The quantitative estimate of drug-likeness (QED) is 0.356. The van der Waals surface area contributed by atoms with Crippen molar-refractivity contribution in [1.82, 2.24) is 29.8 Å². The molecule has 1 fully saturated rings. The average molecular weight is 453 g/mol. The van der Waals surface area contributed by atoms with E-state index in [1.54, 1.807) is 23.1 Å². The number of likely N-dealkylation sites (tertiary alicyclic amines) is 1. The van der Waals surface area contributed by atoms with Gasteiger partial charge in [-0.2, -0.15) is 4.98 Å². The minimum absolute atomic E-state index is 0.0456. The zero-order valence-corrected chi connectivity index (χ0v) is 19.0. The molecule has 0 N–H and O–H groups in total. The molecule has 0 bridgehead atoms. The normalized spacial score (nSPS) is 15.9. The fourth-order valence-electron chi connectivity index (χ4n) is 3.75. The van der Waals surface area contributed by atoms with Gasteiger partial charge in [-0.05, 0) is 56.4 Å². The molecule has 1 saturated heterocycles. The number of rotatable bonds is 7. The number of thioether (sulfide) groups is 1. The molecule has 4 aromatic rings. The van der Waals surface area contributed by atoms with Crippen LogP contribution in [0.2, 0.25) is 0 Å². The van der Waals surface area contributed by atoms with Crippen molar-refractivity contribution in [3.8, 4) is 16.4 Å². The molecule has 0 aliphatic carbocycles. The van der Waals surface area contributed by atoms with Crippen LogP contribution in [0.15, 0.2) is 57.5 Å². The van der Waals surface area contributed by atoms with Crippen molar-refractivity contribution in [3.05, 3.63) is 59.6 Å². The van der Waals surface area contributed by atoms with E-state index in [4.69, 9.17) is 4.52 Å². The molecule has 0 saturated carbocycles. The van der Waals surface area contributed by atoms with Crippen LogP contribution in [0.5, 0.6) is 0 Å². The molecule has 0 amide bonds. The second kappa shape index (κ2) is 9.33. The van der Waals surface area contributed by atoms with Crippen molar-refractivity contribution in [3.63, 3.8) is 0 Å². The van der Waals surface area contributed by atoms with Crippen LogP contribution in [-0.4, -0.2) is 42.9 Å². The summed E-state index contributed by atoms with van der Waals surface area (Å²) in [5.41, 5.74) is 1.07. The Balaban J connectivity index is 1.40. The monoisotopic (exact) mass is 452 g/mol. The zero-order chi connectivity index (χ0) is 21.0. The van der Waals surface area contributed by atoms with E-state index in [1.807, 2.05) is 35.7 Å². The fourth-order valence-corrected chi connectivity index (χ4v) is 5.31. The molecule has 1 aliphatic heterocycles. The number of thiophene rings is 1. The van der Waals surface area contributed by atoms with E-state index in [0.717, 1.165) is 41.2 Å². The van der Waals surface area contributed by atoms with Crippen LogP contribution >= 0.6 is 23.1 Å². The number of benzene rings is 1. The van der Waals surface area contributed by atoms with Gasteiger partial charge in [0.2, 0.25) is 11.7 Å². The number of aromatic nitrogens is 5. The van der Waals surface area contributed by atoms with E-state index >= 15 is 0 Å². The van der Waals surface area contributed by atoms with Crippen molar-refractivity contribution in [2.75, 3.05) is 13.1 Å². The van der Waals surface area contributed by atoms with Gasteiger partial charge >= 0.3 is 0 Å². The maximum absolute atomic E-state index is 5.56. The second-order valence-electron chi connectivity index (χ2n) is 7.60. The summed E-state index contributed by atoms with van der Waals surface area (Å²) in [6, 6.07) is 14.3. The molecular formula is C22H24N6OS2. The number of hydrogen-bond donors (Lipinski definition) is 0. The maximum atomic E-state index is 5.56. The van der Waals surface area contributed by atoms with Gasteiger partial charge < -0.3 is 4.52 Å². The number of piperidine rings is 1. The second-order valence-corrected chi connectivity index (χ2v) is 9.86. The molecule has 5 rings (SSSR count). The van der Waals surface area contributed by atoms with Gasteiger partial charge in [-0.15, -0.1) is 21.5 Å². The lowest BCUT2D eigenvalue weighted by Gasteiger charge is -2.26. The number of nitrogens with zero attached hydrogens (tertiary/aromatic N) is 6. The van der Waals surface area contributed by atoms with Crippen LogP contribution in [0, 0.1) is 0 Å². The van der Waals surface area contributed by atoms with Gasteiger partial charge in [-0.25, -0.2) is 0 Å². The lowest BCUT2D eigenvalue weighted by molar-refractivity contribution is 0.214. The summed E-state index contributed by atoms with van der Waals surface area (Å²) in [5, 5.41) is 16.1. The highest BCUT2D eigenvalue weighted by molar-refractivity contribution is 7.99. The summed E-state index contributed by atoms with van der Waals surface area (Å²) < 4.78 is 7.71. The van der Waals surface area contributed by atoms with Crippen molar-refractivity contribution in [2.24, 2.45) is 0 Å². The van der Waals surface area contributed by atoms with E-state index < -0.39 is 0 Å². The number of para-hydroxylation sites is 1. The summed E-state index contributed by atoms with van der Waals surface area (Å²) in [4.78, 5) is 8.07. The van der Waals surface area contributed by atoms with E-state index in [-0.39, 0.29) is 5.25 Å². The highest BCUT2D eigenvalue weighted by Gasteiger charge is 2.23. The van der Waals surface area contributed by atoms with Gasteiger partial charge in [-0.1, -0.05) is 47.6 Å². The molecule has 0 spiro atoms. The molecule has 3 aromatic heterocycles. The Morgan fingerprint density at radius 2 is 1.90 bits per heavy atom. The molecule has 0 radical (unpaired) electrons. The molecule has 1 aliphatic rings. The van der Waals surface area contributed by atoms with Gasteiger partial charge in [0.05, 0.1) is 16.7 Å². The molecule has 1 atom stereocenters. The van der Waals surface area contributed by atoms with Gasteiger partial charge in [-0.3, -0.25) is 9.47 Å². The van der Waals surface area contributed by atoms with Gasteiger partial charge in [0, 0.05) is 5.69 Å². The summed E-state index contributed by atoms with van der Waals surface area (Å²) in [6.07, 6.45) is 3.82. The van der Waals surface area contributed by atoms with E-state index in [9.17, 15) is 0 Å². The van der Waals surface area contributed by atoms with Crippen LogP contribution in [0.1, 0.15) is 43.2 Å². The Morgan fingerprint density at radius 1 is 1.06 bits per heavy atom. The van der Waals surface area contributed by atoms with Crippen LogP contribution in [0.4, 0.5) is 0 Å². The third-order valence-corrected chi connectivity index (χ3v) is 7.24. The average Bonchev–Trinajstić information content (AvgIpc) is 3.56. The largest absolute Gasteiger partial charge is 0.338 e. The standard InChI is InChI=1S/C22H24N6OS2/c1-16(21-23-20(26-29-21)18-11-8-14-30-18)31-22-25-24-19(15-27-12-6-3-7-13-27)28(22)17-9-4-2-5-10-17/h2,4-5,8-11,14,16H,3,6-7,12-13,15H2,1H3. The molecule has 1 unspecified atom stereocenters. The van der Waals surface area contributed by atoms with Crippen LogP contribution in [0.3, 0.4) is 0 Å². The first-order valence-electron chi connectivity index (χ1n) is 10.5. The van der Waals surface area contributed by atoms with Crippen LogP contribution in [-0.2, 0) is 6.54 Å². The third kappa shape index (κ3) is 4.58. The van der Waals surface area contributed by atoms with Gasteiger partial charge in [0.25, 0.3) is 0 Å². The van der Waals surface area contributed by atoms with Crippen molar-refractivity contribution in [1.29, 1.82) is 0 Å². The predicted molar refractivity (Wildman–Crippen MR) is 122 cm³/mol. The van der Waals surface area contributed by atoms with Crippen molar-refractivity contribution < 1.29 is 4.52 Å². The summed E-state index contributed by atoms with van der Waals surface area (Å²) >= 11 is 3.19. The van der Waals surface area contributed by atoms with E-state index in [2.05, 4.69) is 48.9 Å². The molecule has 1 aromatic carbocycles. The lowest BCUT2D eigenvalue weighted by Crippen LogP contribution is -2.30. The van der Waals surface area contributed by atoms with Crippen LogP contribution < -0.4 is 0 Å². The predicted octanol–water partition coefficient (Wildman–Crippen LogP) is 5.22. The molecule has 4 heterocycles. The molecule has 160 valence electrons. The Kier molecular flexibility index (Phi) is 6.15. The first-order chi connectivity index (χ1) is 15.3. The molecule has 7 nitrogen and oxygen atoms in total. The summed E-state index contributed by atoms with van der Waals surface area (Å²) in [6.45, 7) is 5.10. The van der Waals surface area contributed by atoms with E-state index in [0.29, 0.717) is 11.7 Å². The third-order valence-electron chi connectivity index (χ3n) is 5.34. The molecule has 9 heteroatoms. The molecular weight excluding hydrogens is 428 g/mol. The van der Waals surface area contributed by atoms with Crippen molar-refractivity contribution >= 4 is 23.1 Å². The van der Waals surface area contributed by atoms with Gasteiger partial charge in [0.15, 0.2) is 11.0 Å². The smallest absolute Gasteiger partial charge is 0.240 e. The maximum Gasteiger partial charge on any atom is 0.240 e. The van der Waals surface area contributed by atoms with Crippen LogP contribution in [0.25, 0.3) is 16.4 Å².